The molecule has 1 N–H and O–H groups in total. The Hall–Kier alpha value is -2.39. The molecule has 154 valence electrons. The number of benzene rings is 1. The molecule has 0 saturated carbocycles. The van der Waals surface area contributed by atoms with Gasteiger partial charge in [-0.2, -0.15) is 18.3 Å². The van der Waals surface area contributed by atoms with E-state index in [0.717, 1.165) is 54.6 Å². The summed E-state index contributed by atoms with van der Waals surface area (Å²) >= 11 is 1.72. The maximum atomic E-state index is 12.8. The lowest BCUT2D eigenvalue weighted by Gasteiger charge is -2.13. The van der Waals surface area contributed by atoms with Gasteiger partial charge in [0.25, 0.3) is 0 Å². The topological polar surface area (TPSA) is 54.0 Å². The molecule has 9 heteroatoms. The van der Waals surface area contributed by atoms with Crippen molar-refractivity contribution in [2.24, 2.45) is 0 Å². The number of nitrogens with zero attached hydrogens (tertiary/aromatic N) is 3. The summed E-state index contributed by atoms with van der Waals surface area (Å²) in [5.74, 6) is 0.519. The lowest BCUT2D eigenvalue weighted by atomic mass is 10.1. The van der Waals surface area contributed by atoms with E-state index in [9.17, 15) is 13.2 Å². The summed E-state index contributed by atoms with van der Waals surface area (Å²) in [7, 11) is 0. The summed E-state index contributed by atoms with van der Waals surface area (Å²) < 4.78 is 43.9. The average Bonchev–Trinajstić information content (AvgIpc) is 3.41. The summed E-state index contributed by atoms with van der Waals surface area (Å²) in [6.07, 6.45) is -1.42. The van der Waals surface area contributed by atoms with Gasteiger partial charge in [-0.25, -0.2) is 4.98 Å². The smallest absolute Gasteiger partial charge is 0.416 e. The lowest BCUT2D eigenvalue weighted by molar-refractivity contribution is -0.137. The molecule has 0 spiro atoms. The zero-order chi connectivity index (χ0) is 20.4. The fourth-order valence-corrected chi connectivity index (χ4v) is 4.34. The van der Waals surface area contributed by atoms with Gasteiger partial charge >= 0.3 is 6.18 Å². The van der Waals surface area contributed by atoms with Gasteiger partial charge in [-0.05, 0) is 44.2 Å². The molecule has 2 aromatic heterocycles. The first-order valence-corrected chi connectivity index (χ1v) is 10.2. The summed E-state index contributed by atoms with van der Waals surface area (Å²) in [5, 5.41) is 8.41. The maximum absolute atomic E-state index is 12.8. The Morgan fingerprint density at radius 2 is 2.17 bits per heavy atom. The van der Waals surface area contributed by atoms with Gasteiger partial charge in [0.05, 0.1) is 22.0 Å². The quantitative estimate of drug-likeness (QED) is 0.622. The first-order chi connectivity index (χ1) is 13.9. The van der Waals surface area contributed by atoms with Crippen LogP contribution in [0.5, 0.6) is 5.75 Å². The Labute approximate surface area is 170 Å². The molecular formula is C20H21F3N4OS. The predicted molar refractivity (Wildman–Crippen MR) is 104 cm³/mol. The number of aromatic nitrogens is 3. The monoisotopic (exact) mass is 422 g/mol. The van der Waals surface area contributed by atoms with Crippen molar-refractivity contribution in [3.05, 3.63) is 63.4 Å². The van der Waals surface area contributed by atoms with Crippen molar-refractivity contribution in [3.8, 4) is 5.75 Å². The molecule has 1 aliphatic rings. The van der Waals surface area contributed by atoms with Gasteiger partial charge in [-0.15, -0.1) is 11.3 Å². The number of likely N-dealkylation sites (tertiary alicyclic amines) is 1. The highest BCUT2D eigenvalue weighted by Crippen LogP contribution is 2.32. The number of aryl methyl sites for hydroxylation is 1. The third-order valence-electron chi connectivity index (χ3n) is 4.95. The van der Waals surface area contributed by atoms with Crippen LogP contribution in [0.15, 0.2) is 36.5 Å². The minimum Gasteiger partial charge on any atom is -0.487 e. The average molecular weight is 422 g/mol. The van der Waals surface area contributed by atoms with Crippen molar-refractivity contribution < 1.29 is 17.9 Å². The van der Waals surface area contributed by atoms with E-state index in [1.807, 2.05) is 19.2 Å². The van der Waals surface area contributed by atoms with E-state index in [-0.39, 0.29) is 12.4 Å². The van der Waals surface area contributed by atoms with E-state index in [2.05, 4.69) is 20.1 Å². The van der Waals surface area contributed by atoms with Crippen LogP contribution in [-0.2, 0) is 19.3 Å². The molecule has 1 atom stereocenters. The van der Waals surface area contributed by atoms with E-state index in [1.165, 1.54) is 17.0 Å². The van der Waals surface area contributed by atoms with Crippen molar-refractivity contribution in [1.29, 1.82) is 0 Å². The van der Waals surface area contributed by atoms with Crippen LogP contribution in [0.2, 0.25) is 0 Å². The van der Waals surface area contributed by atoms with Gasteiger partial charge < -0.3 is 4.74 Å². The molecule has 1 aliphatic heterocycles. The van der Waals surface area contributed by atoms with Crippen LogP contribution in [0.3, 0.4) is 0 Å². The summed E-state index contributed by atoms with van der Waals surface area (Å²) in [6, 6.07) is 6.84. The summed E-state index contributed by atoms with van der Waals surface area (Å²) in [5.41, 5.74) is 0.993. The standard InChI is InChI=1S/C20H21F3N4OS/c1-13-24-9-18(29-13)11-27-6-5-14(10-27)19-8-16(25-26-19)12-28-17-4-2-3-15(7-17)20(21,22)23/h2-4,7-9,14H,5-6,10-12H2,1H3,(H,25,26)/t14-/m0/s1. The summed E-state index contributed by atoms with van der Waals surface area (Å²) in [6.45, 7) is 4.98. The zero-order valence-electron chi connectivity index (χ0n) is 15.9. The summed E-state index contributed by atoms with van der Waals surface area (Å²) in [4.78, 5) is 7.96. The number of hydrogen-bond acceptors (Lipinski definition) is 5. The molecule has 29 heavy (non-hydrogen) atoms. The van der Waals surface area contributed by atoms with Crippen molar-refractivity contribution in [2.75, 3.05) is 13.1 Å². The number of aromatic amines is 1. The first-order valence-electron chi connectivity index (χ1n) is 9.35. The molecule has 4 rings (SSSR count). The van der Waals surface area contributed by atoms with E-state index in [0.29, 0.717) is 5.92 Å². The van der Waals surface area contributed by atoms with Crippen molar-refractivity contribution in [3.63, 3.8) is 0 Å². The fourth-order valence-electron chi connectivity index (χ4n) is 3.50. The van der Waals surface area contributed by atoms with Crippen molar-refractivity contribution >= 4 is 11.3 Å². The van der Waals surface area contributed by atoms with Crippen LogP contribution in [-0.4, -0.2) is 33.2 Å². The number of hydrogen-bond donors (Lipinski definition) is 1. The number of halogens is 3. The number of nitrogens with one attached hydrogen (secondary N) is 1. The van der Waals surface area contributed by atoms with Crippen LogP contribution in [0.4, 0.5) is 13.2 Å². The van der Waals surface area contributed by atoms with E-state index >= 15 is 0 Å². The van der Waals surface area contributed by atoms with Gasteiger partial charge in [-0.1, -0.05) is 6.07 Å². The molecule has 5 nitrogen and oxygen atoms in total. The van der Waals surface area contributed by atoms with Gasteiger partial charge in [0, 0.05) is 30.1 Å². The molecule has 0 aliphatic carbocycles. The largest absolute Gasteiger partial charge is 0.487 e. The van der Waals surface area contributed by atoms with Crippen LogP contribution in [0.1, 0.15) is 39.2 Å². The molecule has 1 aromatic carbocycles. The molecule has 3 aromatic rings. The number of thiazole rings is 1. The van der Waals surface area contributed by atoms with Crippen molar-refractivity contribution in [2.45, 2.75) is 38.6 Å². The second-order valence-corrected chi connectivity index (χ2v) is 8.52. The van der Waals surface area contributed by atoms with E-state index in [1.54, 1.807) is 11.3 Å². The zero-order valence-corrected chi connectivity index (χ0v) is 16.7. The minimum atomic E-state index is -4.38. The van der Waals surface area contributed by atoms with Crippen LogP contribution in [0.25, 0.3) is 0 Å². The first kappa shape index (κ1) is 19.9. The van der Waals surface area contributed by atoms with Crippen LogP contribution < -0.4 is 4.74 Å². The molecular weight excluding hydrogens is 401 g/mol. The second kappa shape index (κ2) is 8.16. The van der Waals surface area contributed by atoms with Gasteiger partial charge in [0.1, 0.15) is 12.4 Å². The molecule has 0 radical (unpaired) electrons. The third-order valence-corrected chi connectivity index (χ3v) is 5.84. The number of rotatable bonds is 6. The van der Waals surface area contributed by atoms with Gasteiger partial charge in [-0.3, -0.25) is 10.00 Å². The number of ether oxygens (including phenoxy) is 1. The maximum Gasteiger partial charge on any atom is 0.416 e. The Kier molecular flexibility index (Phi) is 5.60. The molecule has 0 amide bonds. The normalized spacial score (nSPS) is 17.7. The Bertz CT molecular complexity index is 969. The highest BCUT2D eigenvalue weighted by Gasteiger charge is 2.30. The van der Waals surface area contributed by atoms with Crippen molar-refractivity contribution in [1.82, 2.24) is 20.1 Å². The van der Waals surface area contributed by atoms with Gasteiger partial charge in [0.15, 0.2) is 0 Å². The SMILES string of the molecule is Cc1ncc(CN2CC[C@H](c3cc(COc4cccc(C(F)(F)F)c4)[nH]n3)C2)s1. The molecule has 1 saturated heterocycles. The Morgan fingerprint density at radius 1 is 1.31 bits per heavy atom. The molecule has 1 fully saturated rings. The third kappa shape index (κ3) is 4.97. The molecule has 0 bridgehead atoms. The van der Waals surface area contributed by atoms with E-state index < -0.39 is 11.7 Å². The predicted octanol–water partition coefficient (Wildman–Crippen LogP) is 4.76. The highest BCUT2D eigenvalue weighted by atomic mass is 32.1. The number of H-pyrrole nitrogens is 1. The second-order valence-electron chi connectivity index (χ2n) is 7.20. The fraction of sp³-hybridized carbons (Fsp3) is 0.400. The Balaban J connectivity index is 1.32. The molecule has 3 heterocycles. The number of alkyl halides is 3. The highest BCUT2D eigenvalue weighted by molar-refractivity contribution is 7.11. The minimum absolute atomic E-state index is 0.144. The lowest BCUT2D eigenvalue weighted by Crippen LogP contribution is -2.19. The van der Waals surface area contributed by atoms with Gasteiger partial charge in [0.2, 0.25) is 0 Å². The van der Waals surface area contributed by atoms with Crippen LogP contribution >= 0.6 is 11.3 Å². The van der Waals surface area contributed by atoms with Crippen LogP contribution in [0, 0.1) is 6.92 Å². The molecule has 0 unspecified atom stereocenters. The van der Waals surface area contributed by atoms with E-state index in [4.69, 9.17) is 4.74 Å². The Morgan fingerprint density at radius 3 is 2.93 bits per heavy atom.